The topological polar surface area (TPSA) is 54.5 Å². The molecule has 0 saturated carbocycles. The number of carbonyl (C=O) groups is 1. The number of hydrogen-bond acceptors (Lipinski definition) is 4. The maximum absolute atomic E-state index is 13.6. The largest absolute Gasteiger partial charge is 0.468 e. The molecule has 186 valence electrons. The molecule has 36 heavy (non-hydrogen) atoms. The van der Waals surface area contributed by atoms with E-state index in [0.717, 1.165) is 42.0 Å². The van der Waals surface area contributed by atoms with Gasteiger partial charge in [-0.25, -0.2) is 4.98 Å². The second-order valence-electron chi connectivity index (χ2n) is 9.05. The Morgan fingerprint density at radius 3 is 2.61 bits per heavy atom. The van der Waals surface area contributed by atoms with E-state index in [1.807, 2.05) is 25.1 Å². The SMILES string of the molecule is CC#CC(F)(F)Oc1ccc(-c2cccc(C(=O)Nc3ccc(N4CCC[C@H](C)C4)nc3)c2C)cc1. The molecule has 3 aromatic rings. The average Bonchev–Trinajstić information content (AvgIpc) is 2.85. The van der Waals surface area contributed by atoms with E-state index in [1.165, 1.54) is 25.5 Å². The summed E-state index contributed by atoms with van der Waals surface area (Å²) in [5, 5.41) is 2.93. The van der Waals surface area contributed by atoms with E-state index in [4.69, 9.17) is 0 Å². The van der Waals surface area contributed by atoms with Crippen LogP contribution in [0.3, 0.4) is 0 Å². The van der Waals surface area contributed by atoms with Crippen LogP contribution >= 0.6 is 0 Å². The lowest BCUT2D eigenvalue weighted by Gasteiger charge is -2.31. The highest BCUT2D eigenvalue weighted by Gasteiger charge is 2.28. The van der Waals surface area contributed by atoms with Crippen molar-refractivity contribution in [2.24, 2.45) is 5.92 Å². The van der Waals surface area contributed by atoms with Crippen LogP contribution < -0.4 is 15.0 Å². The zero-order chi connectivity index (χ0) is 25.7. The summed E-state index contributed by atoms with van der Waals surface area (Å²) in [6.07, 6.45) is 0.532. The van der Waals surface area contributed by atoms with Gasteiger partial charge in [0.25, 0.3) is 5.91 Å². The lowest BCUT2D eigenvalue weighted by atomic mass is 9.96. The molecular weight excluding hydrogens is 460 g/mol. The molecule has 0 spiro atoms. The molecule has 1 fully saturated rings. The number of nitrogens with zero attached hydrogens (tertiary/aromatic N) is 2. The van der Waals surface area contributed by atoms with Crippen LogP contribution in [0.5, 0.6) is 5.75 Å². The Balaban J connectivity index is 1.47. The Kier molecular flexibility index (Phi) is 7.54. The molecule has 1 saturated heterocycles. The quantitative estimate of drug-likeness (QED) is 0.400. The molecule has 1 aliphatic rings. The van der Waals surface area contributed by atoms with E-state index in [9.17, 15) is 13.6 Å². The number of pyridine rings is 1. The molecule has 2 aromatic carbocycles. The minimum absolute atomic E-state index is 0.00742. The molecule has 1 aliphatic heterocycles. The third-order valence-corrected chi connectivity index (χ3v) is 6.25. The number of ether oxygens (including phenoxy) is 1. The van der Waals surface area contributed by atoms with Crippen molar-refractivity contribution in [3.63, 3.8) is 0 Å². The minimum atomic E-state index is -3.55. The van der Waals surface area contributed by atoms with Crippen LogP contribution in [0, 0.1) is 24.7 Å². The highest BCUT2D eigenvalue weighted by Crippen LogP contribution is 2.30. The van der Waals surface area contributed by atoms with Gasteiger partial charge in [-0.2, -0.15) is 8.78 Å². The van der Waals surface area contributed by atoms with Crippen molar-refractivity contribution in [1.29, 1.82) is 0 Å². The number of anilines is 2. The highest BCUT2D eigenvalue weighted by molar-refractivity contribution is 6.06. The summed E-state index contributed by atoms with van der Waals surface area (Å²) in [6.45, 7) is 7.43. The van der Waals surface area contributed by atoms with Crippen molar-refractivity contribution in [2.45, 2.75) is 39.7 Å². The van der Waals surface area contributed by atoms with E-state index < -0.39 is 6.11 Å². The first-order valence-corrected chi connectivity index (χ1v) is 12.0. The van der Waals surface area contributed by atoms with Gasteiger partial charge in [-0.3, -0.25) is 4.79 Å². The second kappa shape index (κ2) is 10.8. The monoisotopic (exact) mass is 489 g/mol. The maximum atomic E-state index is 13.6. The molecule has 5 nitrogen and oxygen atoms in total. The molecule has 2 heterocycles. The summed E-state index contributed by atoms with van der Waals surface area (Å²) < 4.78 is 31.9. The van der Waals surface area contributed by atoms with Crippen molar-refractivity contribution in [3.8, 4) is 28.7 Å². The van der Waals surface area contributed by atoms with Crippen molar-refractivity contribution in [2.75, 3.05) is 23.3 Å². The molecule has 7 heteroatoms. The van der Waals surface area contributed by atoms with E-state index in [0.29, 0.717) is 17.2 Å². The van der Waals surface area contributed by atoms with Gasteiger partial charge in [-0.1, -0.05) is 37.1 Å². The van der Waals surface area contributed by atoms with Gasteiger partial charge in [-0.15, -0.1) is 0 Å². The van der Waals surface area contributed by atoms with Crippen LogP contribution in [-0.4, -0.2) is 30.1 Å². The molecule has 1 aromatic heterocycles. The van der Waals surface area contributed by atoms with Gasteiger partial charge in [0.1, 0.15) is 11.6 Å². The molecular formula is C29H29F2N3O2. The Bertz CT molecular complexity index is 1280. The van der Waals surface area contributed by atoms with Crippen molar-refractivity contribution < 1.29 is 18.3 Å². The number of carbonyl (C=O) groups excluding carboxylic acids is 1. The van der Waals surface area contributed by atoms with Crippen LogP contribution in [0.1, 0.15) is 42.6 Å². The van der Waals surface area contributed by atoms with E-state index in [1.54, 1.807) is 36.4 Å². The summed E-state index contributed by atoms with van der Waals surface area (Å²) in [7, 11) is 0. The lowest BCUT2D eigenvalue weighted by molar-refractivity contribution is -0.122. The normalized spacial score (nSPS) is 15.6. The average molecular weight is 490 g/mol. The molecule has 0 radical (unpaired) electrons. The zero-order valence-electron chi connectivity index (χ0n) is 20.6. The van der Waals surface area contributed by atoms with Gasteiger partial charge >= 0.3 is 6.11 Å². The number of alkyl halides is 2. The van der Waals surface area contributed by atoms with Crippen LogP contribution in [0.15, 0.2) is 60.8 Å². The number of nitrogens with one attached hydrogen (secondary N) is 1. The third kappa shape index (κ3) is 6.01. The smallest absolute Gasteiger partial charge is 0.423 e. The molecule has 1 amide bonds. The first kappa shape index (κ1) is 25.2. The molecule has 4 rings (SSSR count). The van der Waals surface area contributed by atoms with Crippen molar-refractivity contribution in [1.82, 2.24) is 4.98 Å². The standard InChI is InChI=1S/C29H29F2N3O2/c1-4-16-29(30,31)36-24-13-10-22(11-14-24)25-8-5-9-26(21(25)3)28(35)33-23-12-15-27(32-18-23)34-17-6-7-20(2)19-34/h5,8-15,18,20H,6-7,17,19H2,1-3H3,(H,33,35)/t20-/m0/s1. The van der Waals surface area contributed by atoms with Crippen LogP contribution in [-0.2, 0) is 0 Å². The molecule has 0 aliphatic carbocycles. The number of amides is 1. The van der Waals surface area contributed by atoms with Crippen LogP contribution in [0.25, 0.3) is 11.1 Å². The first-order chi connectivity index (χ1) is 17.3. The summed E-state index contributed by atoms with van der Waals surface area (Å²) >= 11 is 0. The molecule has 1 atom stereocenters. The van der Waals surface area contributed by atoms with Gasteiger partial charge in [0.05, 0.1) is 11.9 Å². The summed E-state index contributed by atoms with van der Waals surface area (Å²) in [4.78, 5) is 19.9. The van der Waals surface area contributed by atoms with Crippen molar-refractivity contribution in [3.05, 3.63) is 71.9 Å². The second-order valence-corrected chi connectivity index (χ2v) is 9.05. The van der Waals surface area contributed by atoms with Gasteiger partial charge in [0.2, 0.25) is 0 Å². The van der Waals surface area contributed by atoms with Gasteiger partial charge < -0.3 is 15.0 Å². The van der Waals surface area contributed by atoms with Gasteiger partial charge in [0.15, 0.2) is 0 Å². The minimum Gasteiger partial charge on any atom is -0.423 e. The fraction of sp³-hybridized carbons (Fsp3) is 0.310. The fourth-order valence-electron chi connectivity index (χ4n) is 4.46. The Hall–Kier alpha value is -3.92. The maximum Gasteiger partial charge on any atom is 0.468 e. The predicted molar refractivity (Wildman–Crippen MR) is 138 cm³/mol. The molecule has 1 N–H and O–H groups in total. The summed E-state index contributed by atoms with van der Waals surface area (Å²) in [5.74, 6) is 5.22. The lowest BCUT2D eigenvalue weighted by Crippen LogP contribution is -2.34. The van der Waals surface area contributed by atoms with Crippen LogP contribution in [0.2, 0.25) is 0 Å². The van der Waals surface area contributed by atoms with E-state index in [2.05, 4.69) is 32.8 Å². The third-order valence-electron chi connectivity index (χ3n) is 6.25. The molecule has 0 unspecified atom stereocenters. The van der Waals surface area contributed by atoms with E-state index >= 15 is 0 Å². The number of aromatic nitrogens is 1. The van der Waals surface area contributed by atoms with Crippen molar-refractivity contribution >= 4 is 17.4 Å². The number of halogens is 2. The Morgan fingerprint density at radius 1 is 1.17 bits per heavy atom. The highest BCUT2D eigenvalue weighted by atomic mass is 19.3. The Labute approximate surface area is 210 Å². The summed E-state index contributed by atoms with van der Waals surface area (Å²) in [5.41, 5.74) is 3.52. The predicted octanol–water partition coefficient (Wildman–Crippen LogP) is 6.54. The number of rotatable bonds is 6. The number of piperidine rings is 1. The van der Waals surface area contributed by atoms with Gasteiger partial charge in [-0.05, 0) is 79.6 Å². The first-order valence-electron chi connectivity index (χ1n) is 12.0. The summed E-state index contributed by atoms with van der Waals surface area (Å²) in [6, 6.07) is 15.5. The van der Waals surface area contributed by atoms with Gasteiger partial charge in [0, 0.05) is 24.6 Å². The number of hydrogen-bond donors (Lipinski definition) is 1. The molecule has 0 bridgehead atoms. The van der Waals surface area contributed by atoms with E-state index in [-0.39, 0.29) is 11.7 Å². The van der Waals surface area contributed by atoms with Crippen LogP contribution in [0.4, 0.5) is 20.3 Å². The fourth-order valence-corrected chi connectivity index (χ4v) is 4.46. The zero-order valence-corrected chi connectivity index (χ0v) is 20.6. The Morgan fingerprint density at radius 2 is 1.94 bits per heavy atom. The number of benzene rings is 2.